The number of aliphatic hydroxyl groups is 1. The molecule has 0 aromatic carbocycles. The lowest BCUT2D eigenvalue weighted by atomic mass is 10.5. The van der Waals surface area contributed by atoms with Crippen molar-refractivity contribution in [2.24, 2.45) is 0 Å². The van der Waals surface area contributed by atoms with E-state index in [2.05, 4.69) is 21.1 Å². The van der Waals surface area contributed by atoms with Crippen molar-refractivity contribution in [3.8, 4) is 0 Å². The van der Waals surface area contributed by atoms with Gasteiger partial charge in [0.2, 0.25) is 0 Å². The van der Waals surface area contributed by atoms with E-state index in [1.807, 2.05) is 0 Å². The van der Waals surface area contributed by atoms with Crippen LogP contribution < -0.4 is 0 Å². The van der Waals surface area contributed by atoms with Crippen LogP contribution in [0, 0.1) is 12.4 Å². The van der Waals surface area contributed by atoms with Crippen LogP contribution in [-0.4, -0.2) is 43.9 Å². The Labute approximate surface area is 57.1 Å². The summed E-state index contributed by atoms with van der Waals surface area (Å²) in [6, 6.07) is 0. The lowest BCUT2D eigenvalue weighted by Gasteiger charge is -2.21. The first-order chi connectivity index (χ1) is 3.06. The Hall–Kier alpha value is 0.210. The van der Waals surface area contributed by atoms with E-state index in [-0.39, 0.29) is 19.0 Å². The maximum absolute atomic E-state index is 8.39. The van der Waals surface area contributed by atoms with Gasteiger partial charge in [0.15, 0.2) is 0 Å². The maximum Gasteiger partial charge on any atom is 0.101 e. The van der Waals surface area contributed by atoms with E-state index in [0.717, 1.165) is 11.0 Å². The van der Waals surface area contributed by atoms with Crippen molar-refractivity contribution in [2.75, 3.05) is 34.3 Å². The number of halogens is 1. The fraction of sp³-hybridized carbons (Fsp3) is 1.00. The molecule has 8 heavy (non-hydrogen) atoms. The van der Waals surface area contributed by atoms with Gasteiger partial charge in [-0.1, -0.05) is 0 Å². The molecule has 0 fully saturated rings. The summed E-state index contributed by atoms with van der Waals surface area (Å²) >= 11 is 0. The number of nitrogens with zero attached hydrogens (tertiary/aromatic N) is 1. The quantitative estimate of drug-likeness (QED) is 0.497. The molecule has 0 saturated carbocycles. The SMILES string of the molecule is C[N+](C)(C)CCO.[ClH2+]. The molecule has 0 unspecified atom stereocenters. The summed E-state index contributed by atoms with van der Waals surface area (Å²) in [5.74, 6) is 0. The van der Waals surface area contributed by atoms with Crippen LogP contribution in [0.15, 0.2) is 0 Å². The molecule has 0 saturated heterocycles. The molecule has 0 heterocycles. The van der Waals surface area contributed by atoms with E-state index >= 15 is 0 Å². The zero-order valence-corrected chi connectivity index (χ0v) is 6.65. The van der Waals surface area contributed by atoms with Crippen LogP contribution in [0.4, 0.5) is 0 Å². The van der Waals surface area contributed by atoms with E-state index in [4.69, 9.17) is 5.11 Å². The van der Waals surface area contributed by atoms with Gasteiger partial charge in [-0.05, 0) is 0 Å². The number of likely N-dealkylation sites (N-methyl/N-ethyl adjacent to an activating group) is 1. The third-order valence-corrected chi connectivity index (χ3v) is 0.771. The average Bonchev–Trinajstić information content (AvgIpc) is 1.30. The molecule has 0 bridgehead atoms. The smallest absolute Gasteiger partial charge is 0.101 e. The summed E-state index contributed by atoms with van der Waals surface area (Å²) in [6.07, 6.45) is 0. The van der Waals surface area contributed by atoms with Gasteiger partial charge in [-0.3, -0.25) is 0 Å². The van der Waals surface area contributed by atoms with Crippen LogP contribution in [-0.2, 0) is 0 Å². The second-order valence-electron chi connectivity index (χ2n) is 2.74. The molecule has 0 aromatic heterocycles. The molecule has 0 amide bonds. The van der Waals surface area contributed by atoms with Crippen LogP contribution in [0.25, 0.3) is 0 Å². The Bertz CT molecular complexity index is 50.9. The van der Waals surface area contributed by atoms with Gasteiger partial charge in [-0.2, -0.15) is 0 Å². The van der Waals surface area contributed by atoms with Crippen molar-refractivity contribution in [3.63, 3.8) is 0 Å². The van der Waals surface area contributed by atoms with Gasteiger partial charge >= 0.3 is 0 Å². The molecule has 0 aliphatic carbocycles. The van der Waals surface area contributed by atoms with Crippen molar-refractivity contribution < 1.29 is 22.0 Å². The Morgan fingerprint density at radius 2 is 1.62 bits per heavy atom. The number of quaternary nitrogens is 1. The highest BCUT2D eigenvalue weighted by Crippen LogP contribution is 1.84. The molecular formula is C5H16ClNO+2. The van der Waals surface area contributed by atoms with E-state index < -0.39 is 0 Å². The van der Waals surface area contributed by atoms with Crippen LogP contribution in [0.1, 0.15) is 0 Å². The molecule has 0 atom stereocenters. The second-order valence-corrected chi connectivity index (χ2v) is 2.74. The van der Waals surface area contributed by atoms with Crippen LogP contribution >= 0.6 is 0 Å². The topological polar surface area (TPSA) is 20.2 Å². The Balaban J connectivity index is 0. The van der Waals surface area contributed by atoms with Crippen molar-refractivity contribution in [1.82, 2.24) is 0 Å². The monoisotopic (exact) mass is 141 g/mol. The van der Waals surface area contributed by atoms with Gasteiger partial charge in [-0.25, -0.2) is 0 Å². The van der Waals surface area contributed by atoms with Crippen LogP contribution in [0.5, 0.6) is 0 Å². The largest absolute Gasteiger partial charge is 0.391 e. The molecule has 0 aromatic rings. The Morgan fingerprint density at radius 3 is 1.62 bits per heavy atom. The Kier molecular flexibility index (Phi) is 5.71. The summed E-state index contributed by atoms with van der Waals surface area (Å²) in [5.41, 5.74) is 0. The van der Waals surface area contributed by atoms with E-state index in [1.165, 1.54) is 0 Å². The highest BCUT2D eigenvalue weighted by atomic mass is 35.5. The van der Waals surface area contributed by atoms with Gasteiger partial charge in [0.1, 0.15) is 6.54 Å². The van der Waals surface area contributed by atoms with Crippen molar-refractivity contribution >= 4 is 0 Å². The van der Waals surface area contributed by atoms with Crippen molar-refractivity contribution in [2.45, 2.75) is 0 Å². The number of hydrogen-bond acceptors (Lipinski definition) is 1. The fourth-order valence-corrected chi connectivity index (χ4v) is 0.300. The minimum absolute atomic E-state index is 0. The fourth-order valence-electron chi connectivity index (χ4n) is 0.300. The first kappa shape index (κ1) is 11.1. The van der Waals surface area contributed by atoms with Crippen molar-refractivity contribution in [3.05, 3.63) is 0 Å². The standard InChI is InChI=1S/C5H14NO.ClH2/c1-6(2,3)4-5-7;/h7H,4-5H2,1-3H3;1H2/q2*+1. The van der Waals surface area contributed by atoms with E-state index in [1.54, 1.807) is 0 Å². The molecule has 3 heteroatoms. The molecule has 0 spiro atoms. The minimum Gasteiger partial charge on any atom is -0.391 e. The average molecular weight is 142 g/mol. The molecular weight excluding hydrogens is 126 g/mol. The van der Waals surface area contributed by atoms with Crippen molar-refractivity contribution in [1.29, 1.82) is 0 Å². The van der Waals surface area contributed by atoms with Gasteiger partial charge in [-0.15, -0.1) is 0 Å². The minimum atomic E-state index is 0. The van der Waals surface area contributed by atoms with Gasteiger partial charge in [0.25, 0.3) is 0 Å². The van der Waals surface area contributed by atoms with Crippen LogP contribution in [0.2, 0.25) is 0 Å². The molecule has 0 radical (unpaired) electrons. The van der Waals surface area contributed by atoms with Gasteiger partial charge < -0.3 is 9.59 Å². The molecule has 2 nitrogen and oxygen atoms in total. The molecule has 1 N–H and O–H groups in total. The zero-order valence-electron chi connectivity index (χ0n) is 5.76. The van der Waals surface area contributed by atoms with E-state index in [9.17, 15) is 0 Å². The van der Waals surface area contributed by atoms with Gasteiger partial charge in [0, 0.05) is 0 Å². The summed E-state index contributed by atoms with van der Waals surface area (Å²) in [4.78, 5) is 0. The third-order valence-electron chi connectivity index (χ3n) is 0.771. The first-order valence-corrected chi connectivity index (χ1v) is 2.47. The molecule has 52 valence electrons. The normalized spacial score (nSPS) is 10.5. The summed E-state index contributed by atoms with van der Waals surface area (Å²) in [7, 11) is 6.16. The zero-order chi connectivity index (χ0) is 5.91. The predicted octanol–water partition coefficient (Wildman–Crippen LogP) is -0.850. The first-order valence-electron chi connectivity index (χ1n) is 2.47. The van der Waals surface area contributed by atoms with E-state index in [0.29, 0.717) is 0 Å². The molecule has 0 rings (SSSR count). The number of aliphatic hydroxyl groups excluding tert-OH is 1. The molecule has 0 aliphatic rings. The third kappa shape index (κ3) is 9.51. The number of hydrogen-bond donors (Lipinski definition) is 1. The lowest BCUT2D eigenvalue weighted by Crippen LogP contribution is -2.36. The number of rotatable bonds is 2. The highest BCUT2D eigenvalue weighted by Gasteiger charge is 2.02. The second kappa shape index (κ2) is 4.13. The van der Waals surface area contributed by atoms with Crippen LogP contribution in [0.3, 0.4) is 0 Å². The predicted molar refractivity (Wildman–Crippen MR) is 32.8 cm³/mol. The maximum atomic E-state index is 8.39. The Morgan fingerprint density at radius 1 is 1.25 bits per heavy atom. The molecule has 0 aliphatic heterocycles. The van der Waals surface area contributed by atoms with Gasteiger partial charge in [0.05, 0.1) is 40.2 Å². The summed E-state index contributed by atoms with van der Waals surface area (Å²) < 4.78 is 0.844. The highest BCUT2D eigenvalue weighted by molar-refractivity contribution is 4.19. The lowest BCUT2D eigenvalue weighted by molar-refractivity contribution is -0.870. The summed E-state index contributed by atoms with van der Waals surface area (Å²) in [5, 5.41) is 8.39. The summed E-state index contributed by atoms with van der Waals surface area (Å²) in [6.45, 7) is 1.11.